The number of esters is 1. The Balaban J connectivity index is 1.55. The van der Waals surface area contributed by atoms with Crippen LogP contribution in [0.15, 0.2) is 72.3 Å². The average Bonchev–Trinajstić information content (AvgIpc) is 2.82. The van der Waals surface area contributed by atoms with Crippen molar-refractivity contribution in [1.82, 2.24) is 5.32 Å². The van der Waals surface area contributed by atoms with Crippen LogP contribution in [0.3, 0.4) is 0 Å². The lowest BCUT2D eigenvalue weighted by molar-refractivity contribution is -0.122. The van der Waals surface area contributed by atoms with Gasteiger partial charge in [0.1, 0.15) is 5.57 Å². The molecule has 36 heavy (non-hydrogen) atoms. The lowest BCUT2D eigenvalue weighted by Gasteiger charge is -2.26. The lowest BCUT2D eigenvalue weighted by Crippen LogP contribution is -2.54. The number of imide groups is 2. The molecule has 1 fully saturated rings. The van der Waals surface area contributed by atoms with Gasteiger partial charge in [-0.05, 0) is 74.2 Å². The van der Waals surface area contributed by atoms with Crippen LogP contribution in [0, 0.1) is 13.8 Å². The summed E-state index contributed by atoms with van der Waals surface area (Å²) >= 11 is 0. The zero-order valence-corrected chi connectivity index (χ0v) is 20.3. The van der Waals surface area contributed by atoms with Crippen LogP contribution in [0.2, 0.25) is 0 Å². The number of ether oxygens (including phenoxy) is 1. The Bertz CT molecular complexity index is 1350. The van der Waals surface area contributed by atoms with Gasteiger partial charge in [-0.15, -0.1) is 0 Å². The van der Waals surface area contributed by atoms with E-state index in [4.69, 9.17) is 4.74 Å². The predicted octanol–water partition coefficient (Wildman–Crippen LogP) is 4.74. The second-order valence-corrected chi connectivity index (χ2v) is 8.64. The molecule has 0 bridgehead atoms. The van der Waals surface area contributed by atoms with Crippen molar-refractivity contribution in [3.05, 3.63) is 106 Å². The molecule has 0 saturated carbocycles. The van der Waals surface area contributed by atoms with Crippen molar-refractivity contribution < 1.29 is 23.9 Å². The van der Waals surface area contributed by atoms with E-state index >= 15 is 0 Å². The standard InChI is InChI=1S/C29H26N2O5/c1-4-36-28(34)23-9-11-24(12-10-23)31-27(33)25(26(32)30-29(31)35)17-21-7-5-20(6-8-21)16-22-14-18(2)13-19(3)15-22/h5-15,17H,4,16H2,1-3H3,(H,30,32,35)/b25-17+. The molecule has 0 aliphatic carbocycles. The fraction of sp³-hybridized carbons (Fsp3) is 0.172. The molecule has 3 aromatic carbocycles. The Kier molecular flexibility index (Phi) is 7.10. The summed E-state index contributed by atoms with van der Waals surface area (Å²) in [4.78, 5) is 50.8. The van der Waals surface area contributed by atoms with Crippen molar-refractivity contribution in [3.8, 4) is 0 Å². The fourth-order valence-electron chi connectivity index (χ4n) is 4.16. The van der Waals surface area contributed by atoms with Crippen molar-refractivity contribution in [2.24, 2.45) is 0 Å². The molecule has 182 valence electrons. The lowest BCUT2D eigenvalue weighted by atomic mass is 9.99. The van der Waals surface area contributed by atoms with E-state index in [9.17, 15) is 19.2 Å². The number of urea groups is 1. The molecule has 7 heteroatoms. The van der Waals surface area contributed by atoms with Gasteiger partial charge >= 0.3 is 12.0 Å². The van der Waals surface area contributed by atoms with Gasteiger partial charge in [0, 0.05) is 0 Å². The summed E-state index contributed by atoms with van der Waals surface area (Å²) in [5.41, 5.74) is 5.75. The number of nitrogens with one attached hydrogen (secondary N) is 1. The van der Waals surface area contributed by atoms with Gasteiger partial charge in [-0.3, -0.25) is 14.9 Å². The molecule has 0 spiro atoms. The highest BCUT2D eigenvalue weighted by atomic mass is 16.5. The number of benzene rings is 3. The van der Waals surface area contributed by atoms with E-state index in [1.54, 1.807) is 6.92 Å². The first-order chi connectivity index (χ1) is 17.2. The summed E-state index contributed by atoms with van der Waals surface area (Å²) < 4.78 is 4.95. The molecule has 0 atom stereocenters. The third-order valence-corrected chi connectivity index (χ3v) is 5.72. The van der Waals surface area contributed by atoms with Crippen LogP contribution in [-0.2, 0) is 20.7 Å². The van der Waals surface area contributed by atoms with E-state index in [0.717, 1.165) is 16.9 Å². The van der Waals surface area contributed by atoms with E-state index in [0.29, 0.717) is 11.1 Å². The second kappa shape index (κ2) is 10.4. The van der Waals surface area contributed by atoms with Gasteiger partial charge in [-0.25, -0.2) is 14.5 Å². The van der Waals surface area contributed by atoms with Gasteiger partial charge < -0.3 is 4.74 Å². The fourth-order valence-corrected chi connectivity index (χ4v) is 4.16. The van der Waals surface area contributed by atoms with E-state index in [-0.39, 0.29) is 17.9 Å². The summed E-state index contributed by atoms with van der Waals surface area (Å²) in [5.74, 6) is -2.01. The monoisotopic (exact) mass is 482 g/mol. The normalized spacial score (nSPS) is 14.7. The smallest absolute Gasteiger partial charge is 0.338 e. The molecule has 3 aromatic rings. The van der Waals surface area contributed by atoms with Gasteiger partial charge in [0.2, 0.25) is 0 Å². The maximum absolute atomic E-state index is 13.1. The first kappa shape index (κ1) is 24.6. The molecular formula is C29H26N2O5. The van der Waals surface area contributed by atoms with E-state index < -0.39 is 23.8 Å². The van der Waals surface area contributed by atoms with Gasteiger partial charge in [0.25, 0.3) is 11.8 Å². The SMILES string of the molecule is CCOC(=O)c1ccc(N2C(=O)NC(=O)/C(=C\c3ccc(Cc4cc(C)cc(C)c4)cc3)C2=O)cc1. The van der Waals surface area contributed by atoms with Crippen molar-refractivity contribution >= 4 is 35.6 Å². The summed E-state index contributed by atoms with van der Waals surface area (Å²) in [6.45, 7) is 6.07. The summed E-state index contributed by atoms with van der Waals surface area (Å²) in [5, 5.41) is 2.21. The number of amides is 4. The van der Waals surface area contributed by atoms with Gasteiger partial charge in [0.15, 0.2) is 0 Å². The van der Waals surface area contributed by atoms with Gasteiger partial charge in [0.05, 0.1) is 17.9 Å². The molecule has 4 amide bonds. The minimum Gasteiger partial charge on any atom is -0.462 e. The first-order valence-electron chi connectivity index (χ1n) is 11.6. The number of hydrogen-bond acceptors (Lipinski definition) is 5. The predicted molar refractivity (Wildman–Crippen MR) is 137 cm³/mol. The minimum absolute atomic E-state index is 0.161. The third kappa shape index (κ3) is 5.41. The Morgan fingerprint density at radius 2 is 1.53 bits per heavy atom. The molecule has 0 unspecified atom stereocenters. The second-order valence-electron chi connectivity index (χ2n) is 8.64. The molecule has 0 aromatic heterocycles. The Hall–Kier alpha value is -4.52. The Morgan fingerprint density at radius 1 is 0.889 bits per heavy atom. The van der Waals surface area contributed by atoms with Crippen LogP contribution in [0.5, 0.6) is 0 Å². The molecule has 1 heterocycles. The van der Waals surface area contributed by atoms with Crippen LogP contribution >= 0.6 is 0 Å². The number of nitrogens with zero attached hydrogens (tertiary/aromatic N) is 1. The largest absolute Gasteiger partial charge is 0.462 e. The molecule has 7 nitrogen and oxygen atoms in total. The molecule has 1 saturated heterocycles. The molecule has 1 aliphatic heterocycles. The number of rotatable bonds is 6. The molecule has 4 rings (SSSR count). The minimum atomic E-state index is -0.852. The van der Waals surface area contributed by atoms with Gasteiger partial charge in [-0.1, -0.05) is 53.6 Å². The highest BCUT2D eigenvalue weighted by Crippen LogP contribution is 2.23. The molecule has 1 N–H and O–H groups in total. The van der Waals surface area contributed by atoms with Crippen molar-refractivity contribution in [3.63, 3.8) is 0 Å². The Morgan fingerprint density at radius 3 is 2.14 bits per heavy atom. The van der Waals surface area contributed by atoms with Crippen LogP contribution in [0.1, 0.15) is 45.1 Å². The topological polar surface area (TPSA) is 92.8 Å². The van der Waals surface area contributed by atoms with E-state index in [2.05, 4.69) is 37.4 Å². The zero-order valence-electron chi connectivity index (χ0n) is 20.3. The number of barbiturate groups is 1. The van der Waals surface area contributed by atoms with Gasteiger partial charge in [-0.2, -0.15) is 0 Å². The van der Waals surface area contributed by atoms with Crippen molar-refractivity contribution in [1.29, 1.82) is 0 Å². The number of anilines is 1. The van der Waals surface area contributed by atoms with Crippen LogP contribution in [0.25, 0.3) is 6.08 Å². The van der Waals surface area contributed by atoms with Crippen LogP contribution in [-0.4, -0.2) is 30.4 Å². The highest BCUT2D eigenvalue weighted by molar-refractivity contribution is 6.39. The van der Waals surface area contributed by atoms with E-state index in [1.165, 1.54) is 47.0 Å². The van der Waals surface area contributed by atoms with Crippen LogP contribution in [0.4, 0.5) is 10.5 Å². The van der Waals surface area contributed by atoms with E-state index in [1.807, 2.05) is 24.3 Å². The highest BCUT2D eigenvalue weighted by Gasteiger charge is 2.36. The summed E-state index contributed by atoms with van der Waals surface area (Å²) in [7, 11) is 0. The quantitative estimate of drug-likeness (QED) is 0.311. The van der Waals surface area contributed by atoms with Crippen molar-refractivity contribution in [2.75, 3.05) is 11.5 Å². The number of aryl methyl sites for hydroxylation is 2. The van der Waals surface area contributed by atoms with Crippen molar-refractivity contribution in [2.45, 2.75) is 27.2 Å². The number of carbonyl (C=O) groups excluding carboxylic acids is 4. The third-order valence-electron chi connectivity index (χ3n) is 5.72. The number of hydrogen-bond donors (Lipinski definition) is 1. The summed E-state index contributed by atoms with van der Waals surface area (Å²) in [6.07, 6.45) is 2.23. The first-order valence-corrected chi connectivity index (χ1v) is 11.6. The number of carbonyl (C=O) groups is 4. The zero-order chi connectivity index (χ0) is 25.8. The molecule has 1 aliphatic rings. The summed E-state index contributed by atoms with van der Waals surface area (Å²) in [6, 6.07) is 19.0. The molecular weight excluding hydrogens is 456 g/mol. The maximum atomic E-state index is 13.1. The average molecular weight is 483 g/mol. The maximum Gasteiger partial charge on any atom is 0.338 e. The Labute approximate surface area is 209 Å². The van der Waals surface area contributed by atoms with Crippen LogP contribution < -0.4 is 10.2 Å². The molecule has 0 radical (unpaired) electrons.